The summed E-state index contributed by atoms with van der Waals surface area (Å²) in [5, 5.41) is 2.66. The molecule has 7 nitrogen and oxygen atoms in total. The molecule has 0 N–H and O–H groups in total. The summed E-state index contributed by atoms with van der Waals surface area (Å²) in [6.45, 7) is 7.42. The van der Waals surface area contributed by atoms with E-state index in [-0.39, 0.29) is 17.2 Å². The number of hydrogen-bond donors (Lipinski definition) is 0. The van der Waals surface area contributed by atoms with Gasteiger partial charge in [0.2, 0.25) is 5.91 Å². The van der Waals surface area contributed by atoms with E-state index in [4.69, 9.17) is 32.8 Å². The molecule has 2 amide bonds. The summed E-state index contributed by atoms with van der Waals surface area (Å²) < 4.78 is 5.24. The third-order valence-electron chi connectivity index (χ3n) is 6.80. The second-order valence-corrected chi connectivity index (χ2v) is 11.0. The maximum atomic E-state index is 14.1. The van der Waals surface area contributed by atoms with Gasteiger partial charge >= 0.3 is 5.97 Å². The number of carbonyl (C=O) groups excluding carboxylic acids is 3. The van der Waals surface area contributed by atoms with Gasteiger partial charge in [0.15, 0.2) is 6.10 Å². The van der Waals surface area contributed by atoms with Gasteiger partial charge in [-0.2, -0.15) is 0 Å². The highest BCUT2D eigenvalue weighted by Crippen LogP contribution is 2.51. The zero-order valence-electron chi connectivity index (χ0n) is 20.6. The number of carbonyl (C=O) groups is 3. The molecule has 192 valence electrons. The number of benzene rings is 2. The van der Waals surface area contributed by atoms with Gasteiger partial charge in [0, 0.05) is 14.9 Å². The van der Waals surface area contributed by atoms with Gasteiger partial charge in [0.05, 0.1) is 23.9 Å². The SMILES string of the molecule is CCOC(=O)c1c(N2C(=O)[C@H]3[C@H](ON(c4ccccc4C)[C@H]3c3ccc(Cl)cc3Cl)C2=O)sc(C)c1C. The van der Waals surface area contributed by atoms with Crippen LogP contribution in [-0.4, -0.2) is 30.5 Å². The minimum absolute atomic E-state index is 0.172. The first-order chi connectivity index (χ1) is 17.6. The lowest BCUT2D eigenvalue weighted by atomic mass is 9.90. The van der Waals surface area contributed by atoms with Gasteiger partial charge < -0.3 is 4.74 Å². The van der Waals surface area contributed by atoms with E-state index in [1.165, 1.54) is 11.3 Å². The average Bonchev–Trinajstić information content (AvgIpc) is 3.45. The molecule has 3 atom stereocenters. The number of amides is 2. The molecule has 0 saturated carbocycles. The van der Waals surface area contributed by atoms with Crippen molar-refractivity contribution in [2.24, 2.45) is 5.92 Å². The highest BCUT2D eigenvalue weighted by Gasteiger charge is 2.61. The van der Waals surface area contributed by atoms with Crippen LogP contribution < -0.4 is 9.96 Å². The Morgan fingerprint density at radius 2 is 1.81 bits per heavy atom. The van der Waals surface area contributed by atoms with Crippen LogP contribution in [0.2, 0.25) is 10.0 Å². The fourth-order valence-corrected chi connectivity index (χ4v) is 6.58. The number of rotatable bonds is 5. The summed E-state index contributed by atoms with van der Waals surface area (Å²) in [6.07, 6.45) is -1.10. The van der Waals surface area contributed by atoms with E-state index in [0.29, 0.717) is 21.2 Å². The Labute approximate surface area is 228 Å². The van der Waals surface area contributed by atoms with Crippen molar-refractivity contribution in [3.63, 3.8) is 0 Å². The Morgan fingerprint density at radius 1 is 1.08 bits per heavy atom. The molecule has 1 aromatic heterocycles. The summed E-state index contributed by atoms with van der Waals surface area (Å²) in [4.78, 5) is 48.8. The highest BCUT2D eigenvalue weighted by atomic mass is 35.5. The Balaban J connectivity index is 1.63. The van der Waals surface area contributed by atoms with Crippen molar-refractivity contribution in [2.75, 3.05) is 16.6 Å². The fraction of sp³-hybridized carbons (Fsp3) is 0.296. The number of imide groups is 1. The second-order valence-electron chi connectivity index (χ2n) is 8.97. The van der Waals surface area contributed by atoms with E-state index in [2.05, 4.69) is 0 Å². The summed E-state index contributed by atoms with van der Waals surface area (Å²) in [5.74, 6) is -2.47. The van der Waals surface area contributed by atoms with Crippen molar-refractivity contribution in [2.45, 2.75) is 39.8 Å². The van der Waals surface area contributed by atoms with E-state index in [9.17, 15) is 14.4 Å². The van der Waals surface area contributed by atoms with Crippen LogP contribution in [0.25, 0.3) is 0 Å². The largest absolute Gasteiger partial charge is 0.462 e. The predicted molar refractivity (Wildman–Crippen MR) is 143 cm³/mol. The summed E-state index contributed by atoms with van der Waals surface area (Å²) in [6, 6.07) is 11.9. The first kappa shape index (κ1) is 25.7. The number of ether oxygens (including phenoxy) is 1. The predicted octanol–water partition coefficient (Wildman–Crippen LogP) is 6.21. The molecule has 37 heavy (non-hydrogen) atoms. The van der Waals surface area contributed by atoms with Crippen LogP contribution in [-0.2, 0) is 19.2 Å². The molecule has 0 unspecified atom stereocenters. The first-order valence-corrected chi connectivity index (χ1v) is 13.3. The maximum Gasteiger partial charge on any atom is 0.341 e. The molecule has 5 rings (SSSR count). The van der Waals surface area contributed by atoms with Crippen molar-refractivity contribution < 1.29 is 24.0 Å². The molecule has 3 heterocycles. The minimum Gasteiger partial charge on any atom is -0.462 e. The van der Waals surface area contributed by atoms with E-state index in [0.717, 1.165) is 21.0 Å². The number of esters is 1. The van der Waals surface area contributed by atoms with E-state index < -0.39 is 35.8 Å². The molecule has 0 radical (unpaired) electrons. The third-order valence-corrected chi connectivity index (χ3v) is 8.55. The number of hydrogen-bond acceptors (Lipinski definition) is 7. The average molecular weight is 559 g/mol. The van der Waals surface area contributed by atoms with Crippen LogP contribution in [0.3, 0.4) is 0 Å². The van der Waals surface area contributed by atoms with E-state index >= 15 is 0 Å². The highest BCUT2D eigenvalue weighted by molar-refractivity contribution is 7.17. The summed E-state index contributed by atoms with van der Waals surface area (Å²) >= 11 is 14.0. The number of aryl methyl sites for hydroxylation is 2. The Kier molecular flexibility index (Phi) is 6.79. The standard InChI is InChI=1S/C27H24Cl2N2O5S/c1-5-35-27(34)20-14(3)15(4)37-26(20)30-24(32)21-22(17-11-10-16(28)12-18(17)29)31(36-23(21)25(30)33)19-9-7-6-8-13(19)2/h6-12,21-23H,5H2,1-4H3/t21-,22+,23+/m1/s1. The molecule has 2 aliphatic heterocycles. The van der Waals surface area contributed by atoms with Crippen molar-refractivity contribution in [3.8, 4) is 0 Å². The number of hydroxylamine groups is 1. The monoisotopic (exact) mass is 558 g/mol. The van der Waals surface area contributed by atoms with Gasteiger partial charge in [-0.05, 0) is 62.6 Å². The molecule has 0 bridgehead atoms. The molecule has 2 aliphatic rings. The van der Waals surface area contributed by atoms with E-state index in [1.54, 1.807) is 37.1 Å². The molecule has 2 fully saturated rings. The van der Waals surface area contributed by atoms with Crippen molar-refractivity contribution in [1.82, 2.24) is 0 Å². The molecule has 2 aromatic carbocycles. The molecular weight excluding hydrogens is 535 g/mol. The van der Waals surface area contributed by atoms with Crippen LogP contribution >= 0.6 is 34.5 Å². The molecule has 3 aromatic rings. The number of para-hydroxylation sites is 1. The quantitative estimate of drug-likeness (QED) is 0.274. The van der Waals surface area contributed by atoms with Crippen LogP contribution in [0.4, 0.5) is 10.7 Å². The molecule has 0 spiro atoms. The number of anilines is 2. The molecule has 2 saturated heterocycles. The summed E-state index contributed by atoms with van der Waals surface area (Å²) in [7, 11) is 0. The van der Waals surface area contributed by atoms with Crippen LogP contribution in [0, 0.1) is 26.7 Å². The van der Waals surface area contributed by atoms with Crippen LogP contribution in [0.15, 0.2) is 42.5 Å². The zero-order chi connectivity index (χ0) is 26.6. The second kappa shape index (κ2) is 9.76. The van der Waals surface area contributed by atoms with Crippen LogP contribution in [0.5, 0.6) is 0 Å². The normalized spacial score (nSPS) is 21.1. The van der Waals surface area contributed by atoms with E-state index in [1.807, 2.05) is 38.1 Å². The van der Waals surface area contributed by atoms with Crippen molar-refractivity contribution in [1.29, 1.82) is 0 Å². The first-order valence-electron chi connectivity index (χ1n) is 11.8. The Bertz CT molecular complexity index is 1440. The number of halogens is 2. The number of fused-ring (bicyclic) bond motifs is 1. The van der Waals surface area contributed by atoms with Crippen LogP contribution in [0.1, 0.15) is 44.9 Å². The van der Waals surface area contributed by atoms with Gasteiger partial charge in [-0.15, -0.1) is 11.3 Å². The minimum atomic E-state index is -1.10. The molecule has 10 heteroatoms. The van der Waals surface area contributed by atoms with Gasteiger partial charge in [-0.3, -0.25) is 14.4 Å². The van der Waals surface area contributed by atoms with Gasteiger partial charge in [0.25, 0.3) is 5.91 Å². The van der Waals surface area contributed by atoms with Crippen molar-refractivity contribution >= 4 is 63.0 Å². The van der Waals surface area contributed by atoms with Gasteiger partial charge in [-0.1, -0.05) is 47.5 Å². The van der Waals surface area contributed by atoms with Crippen molar-refractivity contribution in [3.05, 3.63) is 79.6 Å². The van der Waals surface area contributed by atoms with Gasteiger partial charge in [-0.25, -0.2) is 14.8 Å². The molecule has 0 aliphatic carbocycles. The Hall–Kier alpha value is -2.91. The smallest absolute Gasteiger partial charge is 0.341 e. The third kappa shape index (κ3) is 4.12. The lowest BCUT2D eigenvalue weighted by molar-refractivity contribution is -0.126. The maximum absolute atomic E-state index is 14.1. The Morgan fingerprint density at radius 3 is 2.49 bits per heavy atom. The van der Waals surface area contributed by atoms with Gasteiger partial charge in [0.1, 0.15) is 10.9 Å². The number of nitrogens with zero attached hydrogens (tertiary/aromatic N) is 2. The zero-order valence-corrected chi connectivity index (χ0v) is 22.9. The fourth-order valence-electron chi connectivity index (χ4n) is 4.90. The summed E-state index contributed by atoms with van der Waals surface area (Å²) in [5.41, 5.74) is 3.13. The lowest BCUT2D eigenvalue weighted by Gasteiger charge is -2.30. The lowest BCUT2D eigenvalue weighted by Crippen LogP contribution is -2.38. The molecular formula is C27H24Cl2N2O5S. The topological polar surface area (TPSA) is 76.2 Å². The number of thiophene rings is 1.